The van der Waals surface area contributed by atoms with Crippen LogP contribution in [0.4, 0.5) is 5.69 Å². The van der Waals surface area contributed by atoms with Crippen LogP contribution in [0, 0.1) is 6.92 Å². The van der Waals surface area contributed by atoms with Gasteiger partial charge in [-0.2, -0.15) is 4.31 Å². The van der Waals surface area contributed by atoms with Gasteiger partial charge in [0.2, 0.25) is 10.0 Å². The predicted octanol–water partition coefficient (Wildman–Crippen LogP) is 3.56. The number of nitrogens with one attached hydrogen (secondary N) is 2. The minimum atomic E-state index is -3.65. The smallest absolute Gasteiger partial charge is 0.255 e. The summed E-state index contributed by atoms with van der Waals surface area (Å²) in [5.74, 6) is -0.742. The van der Waals surface area contributed by atoms with Crippen LogP contribution in [0.2, 0.25) is 0 Å². The zero-order chi connectivity index (χ0) is 22.6. The highest BCUT2D eigenvalue weighted by Gasteiger charge is 2.29. The molecule has 1 fully saturated rings. The molecule has 8 heteroatoms. The van der Waals surface area contributed by atoms with E-state index in [0.29, 0.717) is 29.9 Å². The Morgan fingerprint density at radius 3 is 2.42 bits per heavy atom. The predicted molar refractivity (Wildman–Crippen MR) is 121 cm³/mol. The second kappa shape index (κ2) is 9.62. The van der Waals surface area contributed by atoms with Crippen LogP contribution in [0.15, 0.2) is 47.4 Å². The molecule has 0 aromatic heterocycles. The second-order valence-corrected chi connectivity index (χ2v) is 9.78. The summed E-state index contributed by atoms with van der Waals surface area (Å²) in [5.41, 5.74) is 1.54. The fourth-order valence-corrected chi connectivity index (χ4v) is 5.24. The molecule has 1 atom stereocenters. The fourth-order valence-electron chi connectivity index (χ4n) is 3.48. The van der Waals surface area contributed by atoms with Crippen molar-refractivity contribution in [2.24, 2.45) is 0 Å². The molecule has 1 aliphatic rings. The van der Waals surface area contributed by atoms with Crippen molar-refractivity contribution in [1.29, 1.82) is 0 Å². The minimum absolute atomic E-state index is 0.00621. The van der Waals surface area contributed by atoms with Crippen molar-refractivity contribution in [1.82, 2.24) is 9.62 Å². The third-order valence-electron chi connectivity index (χ3n) is 5.54. The Morgan fingerprint density at radius 2 is 1.74 bits per heavy atom. The summed E-state index contributed by atoms with van der Waals surface area (Å²) >= 11 is 0. The van der Waals surface area contributed by atoms with E-state index in [2.05, 4.69) is 10.6 Å². The molecule has 1 aliphatic heterocycles. The molecule has 0 radical (unpaired) electrons. The third kappa shape index (κ3) is 5.14. The first kappa shape index (κ1) is 23.0. The molecule has 0 saturated carbocycles. The largest absolute Gasteiger partial charge is 0.350 e. The summed E-state index contributed by atoms with van der Waals surface area (Å²) in [6.07, 6.45) is 2.47. The van der Waals surface area contributed by atoms with Gasteiger partial charge in [-0.25, -0.2) is 8.42 Å². The van der Waals surface area contributed by atoms with Gasteiger partial charge in [-0.3, -0.25) is 9.59 Å². The monoisotopic (exact) mass is 443 g/mol. The van der Waals surface area contributed by atoms with Crippen LogP contribution in [-0.4, -0.2) is 43.7 Å². The van der Waals surface area contributed by atoms with Crippen LogP contribution in [0.5, 0.6) is 0 Å². The average molecular weight is 444 g/mol. The Balaban J connectivity index is 1.86. The molecule has 0 aliphatic carbocycles. The van der Waals surface area contributed by atoms with Gasteiger partial charge in [-0.05, 0) is 62.9 Å². The Bertz CT molecular complexity index is 1080. The van der Waals surface area contributed by atoms with Gasteiger partial charge in [0.05, 0.1) is 16.1 Å². The number of benzene rings is 2. The van der Waals surface area contributed by atoms with Gasteiger partial charge < -0.3 is 10.6 Å². The minimum Gasteiger partial charge on any atom is -0.350 e. The van der Waals surface area contributed by atoms with E-state index in [-0.39, 0.29) is 22.4 Å². The number of rotatable bonds is 7. The first-order valence-electron chi connectivity index (χ1n) is 10.6. The van der Waals surface area contributed by atoms with Gasteiger partial charge in [-0.15, -0.1) is 0 Å². The van der Waals surface area contributed by atoms with E-state index in [9.17, 15) is 18.0 Å². The van der Waals surface area contributed by atoms with Crippen molar-refractivity contribution in [2.75, 3.05) is 18.4 Å². The van der Waals surface area contributed by atoms with Gasteiger partial charge in [-0.1, -0.05) is 25.1 Å². The summed E-state index contributed by atoms with van der Waals surface area (Å²) in [4.78, 5) is 25.7. The van der Waals surface area contributed by atoms with Gasteiger partial charge >= 0.3 is 0 Å². The van der Waals surface area contributed by atoms with E-state index in [1.165, 1.54) is 10.4 Å². The highest BCUT2D eigenvalue weighted by molar-refractivity contribution is 7.89. The SMILES string of the molecule is CCC(C)NC(=O)c1ccccc1NC(=O)c1ccc(C)c(S(=O)(=O)N2CCCC2)c1. The van der Waals surface area contributed by atoms with Crippen molar-refractivity contribution in [2.45, 2.75) is 51.0 Å². The van der Waals surface area contributed by atoms with Crippen molar-refractivity contribution < 1.29 is 18.0 Å². The van der Waals surface area contributed by atoms with E-state index >= 15 is 0 Å². The number of amides is 2. The fraction of sp³-hybridized carbons (Fsp3) is 0.391. The van der Waals surface area contributed by atoms with Crippen LogP contribution in [-0.2, 0) is 10.0 Å². The second-order valence-electron chi connectivity index (χ2n) is 7.87. The van der Waals surface area contributed by atoms with Crippen LogP contribution < -0.4 is 10.6 Å². The molecule has 2 amide bonds. The number of aryl methyl sites for hydroxylation is 1. The molecule has 2 aromatic carbocycles. The maximum absolute atomic E-state index is 13.0. The summed E-state index contributed by atoms with van der Waals surface area (Å²) in [7, 11) is -3.65. The molecular formula is C23H29N3O4S. The van der Waals surface area contributed by atoms with Crippen molar-refractivity contribution >= 4 is 27.5 Å². The first-order chi connectivity index (χ1) is 14.7. The van der Waals surface area contributed by atoms with Crippen molar-refractivity contribution in [3.8, 4) is 0 Å². The number of carbonyl (C=O) groups excluding carboxylic acids is 2. The van der Waals surface area contributed by atoms with E-state index in [0.717, 1.165) is 19.3 Å². The molecule has 166 valence electrons. The molecule has 2 N–H and O–H groups in total. The standard InChI is InChI=1S/C23H29N3O4S/c1-4-17(3)24-23(28)19-9-5-6-10-20(19)25-22(27)18-12-11-16(2)21(15-18)31(29,30)26-13-7-8-14-26/h5-6,9-12,15,17H,4,7-8,13-14H2,1-3H3,(H,24,28)(H,25,27). The first-order valence-corrected chi connectivity index (χ1v) is 12.0. The molecule has 2 aromatic rings. The Kier molecular flexibility index (Phi) is 7.12. The van der Waals surface area contributed by atoms with Gasteiger partial charge in [0.25, 0.3) is 11.8 Å². The number of carbonyl (C=O) groups is 2. The van der Waals surface area contributed by atoms with E-state index in [1.54, 1.807) is 43.3 Å². The Morgan fingerprint density at radius 1 is 1.06 bits per heavy atom. The quantitative estimate of drug-likeness (QED) is 0.684. The summed E-state index contributed by atoms with van der Waals surface area (Å²) < 4.78 is 27.5. The summed E-state index contributed by atoms with van der Waals surface area (Å²) in [5, 5.41) is 5.65. The number of nitrogens with zero attached hydrogens (tertiary/aromatic N) is 1. The lowest BCUT2D eigenvalue weighted by atomic mass is 10.1. The number of sulfonamides is 1. The normalized spacial score (nSPS) is 15.5. The maximum Gasteiger partial charge on any atom is 0.255 e. The molecule has 0 spiro atoms. The number of hydrogen-bond acceptors (Lipinski definition) is 4. The molecule has 31 heavy (non-hydrogen) atoms. The number of anilines is 1. The molecule has 1 heterocycles. The van der Waals surface area contributed by atoms with Crippen LogP contribution in [0.3, 0.4) is 0 Å². The molecular weight excluding hydrogens is 414 g/mol. The third-order valence-corrected chi connectivity index (χ3v) is 7.58. The van der Waals surface area contributed by atoms with Gasteiger partial charge in [0, 0.05) is 24.7 Å². The van der Waals surface area contributed by atoms with E-state index in [1.807, 2.05) is 13.8 Å². The van der Waals surface area contributed by atoms with Crippen LogP contribution in [0.25, 0.3) is 0 Å². The van der Waals surface area contributed by atoms with E-state index < -0.39 is 15.9 Å². The summed E-state index contributed by atoms with van der Waals surface area (Å²) in [6, 6.07) is 11.4. The van der Waals surface area contributed by atoms with Crippen LogP contribution >= 0.6 is 0 Å². The van der Waals surface area contributed by atoms with Gasteiger partial charge in [0.15, 0.2) is 0 Å². The lowest BCUT2D eigenvalue weighted by molar-refractivity contribution is 0.0940. The maximum atomic E-state index is 13.0. The van der Waals surface area contributed by atoms with Gasteiger partial charge in [0.1, 0.15) is 0 Å². The zero-order valence-corrected chi connectivity index (χ0v) is 19.0. The van der Waals surface area contributed by atoms with Crippen molar-refractivity contribution in [3.63, 3.8) is 0 Å². The Hall–Kier alpha value is -2.71. The van der Waals surface area contributed by atoms with E-state index in [4.69, 9.17) is 0 Å². The topological polar surface area (TPSA) is 95.6 Å². The van der Waals surface area contributed by atoms with Crippen molar-refractivity contribution in [3.05, 3.63) is 59.2 Å². The molecule has 1 saturated heterocycles. The number of para-hydroxylation sites is 1. The molecule has 3 rings (SSSR count). The van der Waals surface area contributed by atoms with Crippen LogP contribution in [0.1, 0.15) is 59.4 Å². The molecule has 0 bridgehead atoms. The lowest BCUT2D eigenvalue weighted by Crippen LogP contribution is -2.32. The zero-order valence-electron chi connectivity index (χ0n) is 18.1. The highest BCUT2D eigenvalue weighted by atomic mass is 32.2. The lowest BCUT2D eigenvalue weighted by Gasteiger charge is -2.18. The number of hydrogen-bond donors (Lipinski definition) is 2. The average Bonchev–Trinajstić information content (AvgIpc) is 3.30. The molecule has 7 nitrogen and oxygen atoms in total. The Labute approximate surface area is 183 Å². The molecule has 1 unspecified atom stereocenters. The summed E-state index contributed by atoms with van der Waals surface area (Å²) in [6.45, 7) is 6.60. The highest BCUT2D eigenvalue weighted by Crippen LogP contribution is 2.25.